The van der Waals surface area contributed by atoms with E-state index in [4.69, 9.17) is 0 Å². The predicted octanol–water partition coefficient (Wildman–Crippen LogP) is 5.24. The van der Waals surface area contributed by atoms with Gasteiger partial charge in [-0.05, 0) is 49.8 Å². The highest BCUT2D eigenvalue weighted by atomic mass is 79.9. The Morgan fingerprint density at radius 3 is 3.00 bits per heavy atom. The number of benzene rings is 1. The van der Waals surface area contributed by atoms with E-state index in [9.17, 15) is 4.79 Å². The SMILES string of the molecule is O=C(CCc1cccc(Br)c1)c1cnc2sc3c(n12)CCCCC3. The highest BCUT2D eigenvalue weighted by Crippen LogP contribution is 2.30. The van der Waals surface area contributed by atoms with Gasteiger partial charge in [-0.15, -0.1) is 11.3 Å². The number of carbonyl (C=O) groups is 1. The van der Waals surface area contributed by atoms with Gasteiger partial charge in [0, 0.05) is 21.5 Å². The van der Waals surface area contributed by atoms with E-state index in [-0.39, 0.29) is 5.78 Å². The molecule has 0 bridgehead atoms. The van der Waals surface area contributed by atoms with E-state index >= 15 is 0 Å². The Labute approximate surface area is 153 Å². The fourth-order valence-corrected chi connectivity index (χ4v) is 5.07. The van der Waals surface area contributed by atoms with Crippen LogP contribution < -0.4 is 0 Å². The van der Waals surface area contributed by atoms with E-state index in [0.717, 1.165) is 34.4 Å². The van der Waals surface area contributed by atoms with Crippen molar-refractivity contribution in [2.24, 2.45) is 0 Å². The lowest BCUT2D eigenvalue weighted by Gasteiger charge is -2.05. The Balaban J connectivity index is 1.59. The summed E-state index contributed by atoms with van der Waals surface area (Å²) >= 11 is 5.25. The van der Waals surface area contributed by atoms with Gasteiger partial charge in [-0.2, -0.15) is 0 Å². The Bertz CT molecular complexity index is 896. The van der Waals surface area contributed by atoms with Crippen LogP contribution in [-0.4, -0.2) is 15.2 Å². The summed E-state index contributed by atoms with van der Waals surface area (Å²) < 4.78 is 3.19. The number of hydrogen-bond donors (Lipinski definition) is 0. The lowest BCUT2D eigenvalue weighted by Crippen LogP contribution is -2.07. The van der Waals surface area contributed by atoms with Crippen molar-refractivity contribution in [3.63, 3.8) is 0 Å². The molecule has 2 heterocycles. The number of ketones is 1. The highest BCUT2D eigenvalue weighted by Gasteiger charge is 2.21. The normalized spacial score (nSPS) is 14.5. The molecule has 0 aliphatic heterocycles. The Morgan fingerprint density at radius 1 is 1.25 bits per heavy atom. The molecule has 0 fully saturated rings. The summed E-state index contributed by atoms with van der Waals surface area (Å²) in [6.45, 7) is 0. The van der Waals surface area contributed by atoms with Crippen molar-refractivity contribution in [1.29, 1.82) is 0 Å². The number of aromatic nitrogens is 2. The van der Waals surface area contributed by atoms with Crippen LogP contribution in [0.25, 0.3) is 4.96 Å². The summed E-state index contributed by atoms with van der Waals surface area (Å²) in [6.07, 6.45) is 8.99. The molecule has 0 atom stereocenters. The van der Waals surface area contributed by atoms with Crippen molar-refractivity contribution in [3.05, 3.63) is 56.8 Å². The Hall–Kier alpha value is -1.46. The number of fused-ring (bicyclic) bond motifs is 3. The molecule has 0 radical (unpaired) electrons. The van der Waals surface area contributed by atoms with Gasteiger partial charge >= 0.3 is 0 Å². The third kappa shape index (κ3) is 3.07. The minimum Gasteiger partial charge on any atom is -0.292 e. The molecule has 0 amide bonds. The van der Waals surface area contributed by atoms with Crippen LogP contribution in [0.2, 0.25) is 0 Å². The van der Waals surface area contributed by atoms with Gasteiger partial charge in [-0.1, -0.05) is 34.5 Å². The summed E-state index contributed by atoms with van der Waals surface area (Å²) in [5, 5.41) is 0. The first-order valence-corrected chi connectivity index (χ1v) is 10.1. The number of thiazole rings is 1. The number of halogens is 1. The third-order valence-corrected chi connectivity index (χ3v) is 6.32. The van der Waals surface area contributed by atoms with E-state index < -0.39 is 0 Å². The van der Waals surface area contributed by atoms with Gasteiger partial charge in [-0.3, -0.25) is 9.20 Å². The molecule has 1 aliphatic rings. The number of nitrogens with zero attached hydrogens (tertiary/aromatic N) is 2. The zero-order valence-corrected chi connectivity index (χ0v) is 15.8. The van der Waals surface area contributed by atoms with Gasteiger partial charge in [0.2, 0.25) is 0 Å². The van der Waals surface area contributed by atoms with Crippen LogP contribution in [-0.2, 0) is 19.3 Å². The van der Waals surface area contributed by atoms with Crippen LogP contribution in [0.15, 0.2) is 34.9 Å². The molecular weight excluding hydrogens is 384 g/mol. The molecule has 5 heteroatoms. The monoisotopic (exact) mass is 402 g/mol. The molecule has 0 unspecified atom stereocenters. The molecule has 4 rings (SSSR count). The zero-order valence-electron chi connectivity index (χ0n) is 13.4. The fraction of sp³-hybridized carbons (Fsp3) is 0.368. The summed E-state index contributed by atoms with van der Waals surface area (Å²) in [4.78, 5) is 19.7. The second-order valence-corrected chi connectivity index (χ2v) is 8.32. The van der Waals surface area contributed by atoms with Crippen molar-refractivity contribution < 1.29 is 4.79 Å². The van der Waals surface area contributed by atoms with Gasteiger partial charge in [0.05, 0.1) is 6.20 Å². The molecule has 2 aromatic heterocycles. The van der Waals surface area contributed by atoms with Crippen molar-refractivity contribution >= 4 is 38.0 Å². The third-order valence-electron chi connectivity index (χ3n) is 4.67. The summed E-state index contributed by atoms with van der Waals surface area (Å²) in [7, 11) is 0. The maximum absolute atomic E-state index is 12.8. The first kappa shape index (κ1) is 16.0. The average Bonchev–Trinajstić information content (AvgIpc) is 3.04. The molecule has 1 aliphatic carbocycles. The molecule has 0 N–H and O–H groups in total. The summed E-state index contributed by atoms with van der Waals surface area (Å²) in [5.74, 6) is 0.187. The molecular formula is C19H19BrN2OS. The average molecular weight is 403 g/mol. The van der Waals surface area contributed by atoms with E-state index in [2.05, 4.69) is 37.4 Å². The van der Waals surface area contributed by atoms with E-state index in [1.165, 1.54) is 35.4 Å². The molecule has 0 spiro atoms. The minimum absolute atomic E-state index is 0.187. The topological polar surface area (TPSA) is 34.4 Å². The molecule has 0 saturated carbocycles. The Morgan fingerprint density at radius 2 is 2.12 bits per heavy atom. The first-order chi connectivity index (χ1) is 11.7. The predicted molar refractivity (Wildman–Crippen MR) is 101 cm³/mol. The van der Waals surface area contributed by atoms with Crippen molar-refractivity contribution in [1.82, 2.24) is 9.38 Å². The molecule has 1 aromatic carbocycles. The van der Waals surface area contributed by atoms with Crippen LogP contribution in [0.1, 0.15) is 52.3 Å². The molecule has 0 saturated heterocycles. The number of hydrogen-bond acceptors (Lipinski definition) is 3. The van der Waals surface area contributed by atoms with Crippen molar-refractivity contribution in [3.8, 4) is 0 Å². The number of aryl methyl sites for hydroxylation is 3. The fourth-order valence-electron chi connectivity index (χ4n) is 3.44. The molecule has 124 valence electrons. The molecule has 3 nitrogen and oxygen atoms in total. The second-order valence-electron chi connectivity index (χ2n) is 6.35. The van der Waals surface area contributed by atoms with Gasteiger partial charge in [-0.25, -0.2) is 4.98 Å². The number of Topliss-reactive ketones (excluding diaryl/α,β-unsaturated/α-hetero) is 1. The Kier molecular flexibility index (Phi) is 4.55. The van der Waals surface area contributed by atoms with Gasteiger partial charge in [0.25, 0.3) is 0 Å². The standard InChI is InChI=1S/C19H19BrN2OS/c20-14-6-4-5-13(11-14)9-10-17(23)16-12-21-19-22(16)15-7-2-1-3-8-18(15)24-19/h4-6,11-12H,1-3,7-10H2. The van der Waals surface area contributed by atoms with E-state index in [0.29, 0.717) is 6.42 Å². The van der Waals surface area contributed by atoms with E-state index in [1.807, 2.05) is 12.1 Å². The minimum atomic E-state index is 0.187. The lowest BCUT2D eigenvalue weighted by atomic mass is 10.1. The maximum atomic E-state index is 12.8. The lowest BCUT2D eigenvalue weighted by molar-refractivity contribution is 0.0977. The quantitative estimate of drug-likeness (QED) is 0.441. The molecule has 24 heavy (non-hydrogen) atoms. The van der Waals surface area contributed by atoms with Gasteiger partial charge in [0.1, 0.15) is 5.69 Å². The van der Waals surface area contributed by atoms with Crippen LogP contribution >= 0.6 is 27.3 Å². The van der Waals surface area contributed by atoms with Gasteiger partial charge < -0.3 is 0 Å². The highest BCUT2D eigenvalue weighted by molar-refractivity contribution is 9.10. The number of imidazole rings is 1. The smallest absolute Gasteiger partial charge is 0.194 e. The molecule has 3 aromatic rings. The number of carbonyl (C=O) groups excluding carboxylic acids is 1. The number of rotatable bonds is 4. The van der Waals surface area contributed by atoms with Crippen LogP contribution in [0.3, 0.4) is 0 Å². The summed E-state index contributed by atoms with van der Waals surface area (Å²) in [6, 6.07) is 8.17. The first-order valence-electron chi connectivity index (χ1n) is 8.48. The van der Waals surface area contributed by atoms with E-state index in [1.54, 1.807) is 17.5 Å². The van der Waals surface area contributed by atoms with Gasteiger partial charge in [0.15, 0.2) is 10.7 Å². The maximum Gasteiger partial charge on any atom is 0.194 e. The van der Waals surface area contributed by atoms with Crippen LogP contribution in [0.4, 0.5) is 0 Å². The zero-order chi connectivity index (χ0) is 16.5. The van der Waals surface area contributed by atoms with Crippen LogP contribution in [0, 0.1) is 0 Å². The second kappa shape index (κ2) is 6.81. The largest absolute Gasteiger partial charge is 0.292 e. The van der Waals surface area contributed by atoms with Crippen LogP contribution in [0.5, 0.6) is 0 Å². The van der Waals surface area contributed by atoms with Crippen molar-refractivity contribution in [2.45, 2.75) is 44.9 Å². The van der Waals surface area contributed by atoms with Crippen molar-refractivity contribution in [2.75, 3.05) is 0 Å². The summed E-state index contributed by atoms with van der Waals surface area (Å²) in [5.41, 5.74) is 3.28.